The molecule has 1 rings (SSSR count). The normalized spacial score (nSPS) is 12.4. The third-order valence-electron chi connectivity index (χ3n) is 3.40. The minimum Gasteiger partial charge on any atom is -0.481 e. The summed E-state index contributed by atoms with van der Waals surface area (Å²) in [7, 11) is 0. The number of hydrogen-bond acceptors (Lipinski definition) is 4. The molecule has 5 nitrogen and oxygen atoms in total. The standard InChI is InChI=1S/C16H26N2O3/c1-5-9-14(21-8-4)16-17-12(6-2)11(10-15(19)20)13(7-3)18-16/h14H,5-10H2,1-4H3,(H,19,20). The number of aryl methyl sites for hydroxylation is 2. The number of nitrogens with zero attached hydrogens (tertiary/aromatic N) is 2. The number of carboxylic acids is 1. The average molecular weight is 294 g/mol. The van der Waals surface area contributed by atoms with Gasteiger partial charge in [-0.05, 0) is 26.2 Å². The zero-order valence-corrected chi connectivity index (χ0v) is 13.5. The number of carbonyl (C=O) groups is 1. The highest BCUT2D eigenvalue weighted by Crippen LogP contribution is 2.23. The summed E-state index contributed by atoms with van der Waals surface area (Å²) in [6, 6.07) is 0. The SMILES string of the molecule is CCCC(OCC)c1nc(CC)c(CC(=O)O)c(CC)n1. The van der Waals surface area contributed by atoms with Crippen LogP contribution >= 0.6 is 0 Å². The Morgan fingerprint density at radius 1 is 1.14 bits per heavy atom. The van der Waals surface area contributed by atoms with Crippen LogP contribution in [0.15, 0.2) is 0 Å². The van der Waals surface area contributed by atoms with Crippen LogP contribution in [0, 0.1) is 0 Å². The van der Waals surface area contributed by atoms with E-state index in [1.54, 1.807) is 0 Å². The Bertz CT molecular complexity index is 444. The van der Waals surface area contributed by atoms with Crippen LogP contribution in [0.2, 0.25) is 0 Å². The number of aromatic nitrogens is 2. The monoisotopic (exact) mass is 294 g/mol. The van der Waals surface area contributed by atoms with E-state index in [0.29, 0.717) is 25.3 Å². The molecule has 0 bridgehead atoms. The molecule has 0 aliphatic heterocycles. The number of aliphatic carboxylic acids is 1. The van der Waals surface area contributed by atoms with E-state index in [1.807, 2.05) is 20.8 Å². The van der Waals surface area contributed by atoms with E-state index in [4.69, 9.17) is 9.84 Å². The molecule has 5 heteroatoms. The fourth-order valence-corrected chi connectivity index (χ4v) is 2.44. The van der Waals surface area contributed by atoms with E-state index >= 15 is 0 Å². The van der Waals surface area contributed by atoms with Gasteiger partial charge in [-0.2, -0.15) is 0 Å². The van der Waals surface area contributed by atoms with Crippen LogP contribution in [0.4, 0.5) is 0 Å². The Morgan fingerprint density at radius 3 is 2.10 bits per heavy atom. The van der Waals surface area contributed by atoms with Crippen molar-refractivity contribution >= 4 is 5.97 Å². The van der Waals surface area contributed by atoms with Crippen LogP contribution in [0.1, 0.15) is 69.4 Å². The third-order valence-corrected chi connectivity index (χ3v) is 3.40. The van der Waals surface area contributed by atoms with Crippen molar-refractivity contribution in [1.82, 2.24) is 9.97 Å². The maximum absolute atomic E-state index is 11.0. The molecule has 1 N–H and O–H groups in total. The molecular weight excluding hydrogens is 268 g/mol. The predicted molar refractivity (Wildman–Crippen MR) is 81.4 cm³/mol. The summed E-state index contributed by atoms with van der Waals surface area (Å²) < 4.78 is 5.75. The molecule has 1 aromatic rings. The van der Waals surface area contributed by atoms with Gasteiger partial charge in [-0.3, -0.25) is 4.79 Å². The van der Waals surface area contributed by atoms with Crippen LogP contribution in [0.3, 0.4) is 0 Å². The van der Waals surface area contributed by atoms with E-state index in [0.717, 1.165) is 29.8 Å². The first-order chi connectivity index (χ1) is 10.1. The van der Waals surface area contributed by atoms with Crippen molar-refractivity contribution in [3.8, 4) is 0 Å². The van der Waals surface area contributed by atoms with Gasteiger partial charge in [0, 0.05) is 23.6 Å². The summed E-state index contributed by atoms with van der Waals surface area (Å²) in [5, 5.41) is 9.07. The molecule has 1 aromatic heterocycles. The van der Waals surface area contributed by atoms with Crippen LogP contribution in [-0.2, 0) is 28.8 Å². The molecule has 21 heavy (non-hydrogen) atoms. The number of rotatable bonds is 9. The molecule has 0 aromatic carbocycles. The molecule has 0 spiro atoms. The van der Waals surface area contributed by atoms with E-state index in [-0.39, 0.29) is 12.5 Å². The summed E-state index contributed by atoms with van der Waals surface area (Å²) in [5.41, 5.74) is 2.43. The van der Waals surface area contributed by atoms with Crippen LogP contribution < -0.4 is 0 Å². The Balaban J connectivity index is 3.26. The van der Waals surface area contributed by atoms with E-state index in [2.05, 4.69) is 16.9 Å². The van der Waals surface area contributed by atoms with Crippen LogP contribution in [0.5, 0.6) is 0 Å². The Labute approximate surface area is 126 Å². The van der Waals surface area contributed by atoms with Crippen molar-refractivity contribution in [2.24, 2.45) is 0 Å². The van der Waals surface area contributed by atoms with Gasteiger partial charge in [-0.25, -0.2) is 9.97 Å². The van der Waals surface area contributed by atoms with Gasteiger partial charge in [0.05, 0.1) is 6.42 Å². The second-order valence-corrected chi connectivity index (χ2v) is 4.96. The van der Waals surface area contributed by atoms with Crippen molar-refractivity contribution in [1.29, 1.82) is 0 Å². The predicted octanol–water partition coefficient (Wildman–Crippen LogP) is 3.11. The summed E-state index contributed by atoms with van der Waals surface area (Å²) >= 11 is 0. The van der Waals surface area contributed by atoms with Crippen LogP contribution in [0.25, 0.3) is 0 Å². The van der Waals surface area contributed by atoms with Crippen molar-refractivity contribution < 1.29 is 14.6 Å². The zero-order chi connectivity index (χ0) is 15.8. The lowest BCUT2D eigenvalue weighted by Crippen LogP contribution is -2.16. The maximum atomic E-state index is 11.0. The number of ether oxygens (including phenoxy) is 1. The molecule has 1 atom stereocenters. The van der Waals surface area contributed by atoms with Gasteiger partial charge < -0.3 is 9.84 Å². The van der Waals surface area contributed by atoms with E-state index in [1.165, 1.54) is 0 Å². The zero-order valence-electron chi connectivity index (χ0n) is 13.5. The Hall–Kier alpha value is -1.49. The van der Waals surface area contributed by atoms with Crippen molar-refractivity contribution in [3.05, 3.63) is 22.8 Å². The molecule has 0 amide bonds. The van der Waals surface area contributed by atoms with Gasteiger partial charge in [0.1, 0.15) is 6.10 Å². The maximum Gasteiger partial charge on any atom is 0.307 e. The second-order valence-electron chi connectivity index (χ2n) is 4.96. The van der Waals surface area contributed by atoms with Crippen molar-refractivity contribution in [2.45, 2.75) is 65.9 Å². The third kappa shape index (κ3) is 4.77. The lowest BCUT2D eigenvalue weighted by Gasteiger charge is -2.18. The molecule has 0 radical (unpaired) electrons. The second kappa shape index (κ2) is 8.72. The lowest BCUT2D eigenvalue weighted by atomic mass is 10.0. The number of carboxylic acid groups (broad SMARTS) is 1. The van der Waals surface area contributed by atoms with E-state index in [9.17, 15) is 4.79 Å². The van der Waals surface area contributed by atoms with Gasteiger partial charge in [0.25, 0.3) is 0 Å². The van der Waals surface area contributed by atoms with Crippen LogP contribution in [-0.4, -0.2) is 27.7 Å². The molecule has 1 unspecified atom stereocenters. The van der Waals surface area contributed by atoms with E-state index < -0.39 is 5.97 Å². The molecule has 0 fully saturated rings. The minimum absolute atomic E-state index is 0.0142. The summed E-state index contributed by atoms with van der Waals surface area (Å²) in [5.74, 6) is -0.146. The first-order valence-corrected chi connectivity index (χ1v) is 7.79. The smallest absolute Gasteiger partial charge is 0.307 e. The Morgan fingerprint density at radius 2 is 1.71 bits per heavy atom. The highest BCUT2D eigenvalue weighted by molar-refractivity contribution is 5.71. The first kappa shape index (κ1) is 17.6. The first-order valence-electron chi connectivity index (χ1n) is 7.79. The van der Waals surface area contributed by atoms with Gasteiger partial charge in [-0.1, -0.05) is 27.2 Å². The highest BCUT2D eigenvalue weighted by Gasteiger charge is 2.20. The minimum atomic E-state index is -0.842. The highest BCUT2D eigenvalue weighted by atomic mass is 16.5. The van der Waals surface area contributed by atoms with Gasteiger partial charge in [-0.15, -0.1) is 0 Å². The molecule has 0 aliphatic rings. The molecule has 0 saturated heterocycles. The molecular formula is C16H26N2O3. The summed E-state index contributed by atoms with van der Waals surface area (Å²) in [6.45, 7) is 8.67. The van der Waals surface area contributed by atoms with Gasteiger partial charge >= 0.3 is 5.97 Å². The van der Waals surface area contributed by atoms with Gasteiger partial charge in [0.15, 0.2) is 5.82 Å². The lowest BCUT2D eigenvalue weighted by molar-refractivity contribution is -0.136. The summed E-state index contributed by atoms with van der Waals surface area (Å²) in [6.07, 6.45) is 3.16. The fourth-order valence-electron chi connectivity index (χ4n) is 2.44. The molecule has 0 aliphatic carbocycles. The number of hydrogen-bond donors (Lipinski definition) is 1. The molecule has 118 valence electrons. The molecule has 1 heterocycles. The average Bonchev–Trinajstić information content (AvgIpc) is 2.46. The van der Waals surface area contributed by atoms with Crippen molar-refractivity contribution in [3.63, 3.8) is 0 Å². The summed E-state index contributed by atoms with van der Waals surface area (Å²) in [4.78, 5) is 20.2. The van der Waals surface area contributed by atoms with Gasteiger partial charge in [0.2, 0.25) is 0 Å². The fraction of sp³-hybridized carbons (Fsp3) is 0.688. The molecule has 0 saturated carbocycles. The Kier molecular flexibility index (Phi) is 7.29. The quantitative estimate of drug-likeness (QED) is 0.757. The largest absolute Gasteiger partial charge is 0.481 e. The van der Waals surface area contributed by atoms with Crippen molar-refractivity contribution in [2.75, 3.05) is 6.61 Å². The topological polar surface area (TPSA) is 72.3 Å².